The van der Waals surface area contributed by atoms with Crippen molar-refractivity contribution in [3.8, 4) is 0 Å². The van der Waals surface area contributed by atoms with Gasteiger partial charge in [-0.3, -0.25) is 0 Å². The maximum Gasteiger partial charge on any atom is 3.00 e. The van der Waals surface area contributed by atoms with Gasteiger partial charge in [0.15, 0.2) is 0 Å². The van der Waals surface area contributed by atoms with Gasteiger partial charge in [0.2, 0.25) is 0 Å². The zero-order valence-corrected chi connectivity index (χ0v) is 20.9. The predicted octanol–water partition coefficient (Wildman–Crippen LogP) is 7.19. The summed E-state index contributed by atoms with van der Waals surface area (Å²) in [6.45, 7) is 27.4. The molecule has 0 aliphatic heterocycles. The van der Waals surface area contributed by atoms with E-state index in [4.69, 9.17) is 0 Å². The van der Waals surface area contributed by atoms with E-state index >= 15 is 0 Å². The Labute approximate surface area is 194 Å². The molecular formula is C24H37Sm+3. The van der Waals surface area contributed by atoms with E-state index in [0.29, 0.717) is 0 Å². The predicted molar refractivity (Wildman–Crippen MR) is 109 cm³/mol. The van der Waals surface area contributed by atoms with Gasteiger partial charge in [0.1, 0.15) is 0 Å². The molecule has 2 fully saturated rings. The molecule has 136 valence electrons. The quantitative estimate of drug-likeness (QED) is 0.376. The monoisotopic (exact) mass is 477 g/mol. The molecule has 2 saturated carbocycles. The first-order valence-corrected chi connectivity index (χ1v) is 8.82. The second-order valence-electron chi connectivity index (χ2n) is 6.82. The number of hydrogen-bond donors (Lipinski definition) is 0. The van der Waals surface area contributed by atoms with E-state index in [1.165, 1.54) is 59.2 Å². The summed E-state index contributed by atoms with van der Waals surface area (Å²) in [4.78, 5) is 0. The van der Waals surface area contributed by atoms with E-state index in [1.54, 1.807) is 6.42 Å². The minimum Gasteiger partial charge on any atom is -0.0620 e. The van der Waals surface area contributed by atoms with Crippen LogP contribution < -0.4 is 0 Å². The zero-order valence-electron chi connectivity index (χ0n) is 18.3. The van der Waals surface area contributed by atoms with Gasteiger partial charge in [0, 0.05) is 0 Å². The summed E-state index contributed by atoms with van der Waals surface area (Å²) in [7, 11) is 0. The van der Waals surface area contributed by atoms with Crippen molar-refractivity contribution in [3.05, 3.63) is 78.9 Å². The van der Waals surface area contributed by atoms with Crippen LogP contribution in [0.25, 0.3) is 0 Å². The second-order valence-corrected chi connectivity index (χ2v) is 6.82. The van der Waals surface area contributed by atoms with E-state index in [9.17, 15) is 0 Å². The van der Waals surface area contributed by atoms with Crippen LogP contribution in [0.4, 0.5) is 0 Å². The van der Waals surface area contributed by atoms with E-state index in [2.05, 4.69) is 76.2 Å². The molecule has 0 spiro atoms. The van der Waals surface area contributed by atoms with Crippen LogP contribution in [0.2, 0.25) is 0 Å². The molecule has 1 heteroatoms. The fraction of sp³-hybridized carbons (Fsp3) is 0.458. The van der Waals surface area contributed by atoms with E-state index in [0.717, 1.165) is 0 Å². The van der Waals surface area contributed by atoms with Gasteiger partial charge in [0.25, 0.3) is 0 Å². The number of unbranched alkanes of at least 4 members (excludes halogenated alkanes) is 1. The molecule has 0 saturated heterocycles. The summed E-state index contributed by atoms with van der Waals surface area (Å²) in [5.74, 6) is 14.7. The van der Waals surface area contributed by atoms with Crippen LogP contribution in [-0.4, -0.2) is 0 Å². The van der Waals surface area contributed by atoms with Crippen LogP contribution >= 0.6 is 0 Å². The molecule has 0 aromatic heterocycles. The number of rotatable bonds is 1. The van der Waals surface area contributed by atoms with Gasteiger partial charge in [-0.25, -0.2) is 0 Å². The maximum atomic E-state index is 3.42. The molecule has 0 N–H and O–H groups in total. The van der Waals surface area contributed by atoms with Crippen molar-refractivity contribution < 1.29 is 40.4 Å². The van der Waals surface area contributed by atoms with Crippen molar-refractivity contribution in [3.63, 3.8) is 0 Å². The molecule has 0 aromatic carbocycles. The minimum absolute atomic E-state index is 0. The number of hydrogen-bond acceptors (Lipinski definition) is 0. The molecule has 0 aromatic rings. The Bertz CT molecular complexity index is 204. The third-order valence-corrected chi connectivity index (χ3v) is 5.86. The van der Waals surface area contributed by atoms with Crippen LogP contribution in [0, 0.1) is 119 Å². The fourth-order valence-corrected chi connectivity index (χ4v) is 2.81. The third-order valence-electron chi connectivity index (χ3n) is 5.86. The average molecular weight is 476 g/mol. The Morgan fingerprint density at radius 3 is 0.560 bits per heavy atom. The molecule has 0 bridgehead atoms. The molecule has 0 atom stereocenters. The SMILES string of the molecule is C[C]1[C](C)[C](C)[C](C)[C]1C.C[C]1[C](C)[C](C)[C](C)[C]1C.[CH2][CH][CH]C.[Sm+3]. The van der Waals surface area contributed by atoms with Crippen LogP contribution in [0.1, 0.15) is 76.2 Å². The van der Waals surface area contributed by atoms with Gasteiger partial charge in [0.05, 0.1) is 0 Å². The van der Waals surface area contributed by atoms with Crippen molar-refractivity contribution in [1.29, 1.82) is 0 Å². The standard InChI is InChI=1S/2C10H15.C4H7.Sm/c2*1-6-7(2)9(4)10(5)8(6)3;1-3-4-2;/h2*1-5H3;3-4H,1H2,2H3;/q;;;+3. The summed E-state index contributed by atoms with van der Waals surface area (Å²) in [6.07, 6.45) is 3.64. The first-order valence-electron chi connectivity index (χ1n) is 8.82. The molecule has 0 unspecified atom stereocenters. The first kappa shape index (κ1) is 28.5. The minimum atomic E-state index is 0. The van der Waals surface area contributed by atoms with Gasteiger partial charge in [-0.2, -0.15) is 0 Å². The Morgan fingerprint density at radius 1 is 0.440 bits per heavy atom. The topological polar surface area (TPSA) is 0 Å². The van der Waals surface area contributed by atoms with Crippen LogP contribution in [0.15, 0.2) is 0 Å². The molecule has 0 nitrogen and oxygen atoms in total. The van der Waals surface area contributed by atoms with Gasteiger partial charge >= 0.3 is 40.4 Å². The van der Waals surface area contributed by atoms with Crippen molar-refractivity contribution in [1.82, 2.24) is 0 Å². The van der Waals surface area contributed by atoms with Gasteiger partial charge < -0.3 is 0 Å². The summed E-state index contributed by atoms with van der Waals surface area (Å²) in [5, 5.41) is 0. The molecular weight excluding hydrogens is 439 g/mol. The van der Waals surface area contributed by atoms with Crippen molar-refractivity contribution in [2.45, 2.75) is 76.2 Å². The Kier molecular flexibility index (Phi) is 15.4. The molecule has 0 heterocycles. The third kappa shape index (κ3) is 7.70. The smallest absolute Gasteiger partial charge is 0.0620 e. The van der Waals surface area contributed by atoms with Gasteiger partial charge in [-0.05, 0) is 78.9 Å². The van der Waals surface area contributed by atoms with Crippen molar-refractivity contribution in [2.24, 2.45) is 0 Å². The summed E-state index contributed by atoms with van der Waals surface area (Å²) >= 11 is 0. The van der Waals surface area contributed by atoms with Crippen LogP contribution in [0.3, 0.4) is 0 Å². The zero-order chi connectivity index (χ0) is 19.2. The van der Waals surface area contributed by atoms with Crippen LogP contribution in [-0.2, 0) is 0 Å². The largest absolute Gasteiger partial charge is 3.00 e. The molecule has 0 amide bonds. The molecule has 2 aliphatic rings. The Balaban J connectivity index is 0. The first-order chi connectivity index (χ1) is 11.0. The second kappa shape index (κ2) is 13.5. The molecule has 2 rings (SSSR count). The van der Waals surface area contributed by atoms with E-state index in [-0.39, 0.29) is 40.4 Å². The fourth-order valence-electron chi connectivity index (χ4n) is 2.81. The average Bonchev–Trinajstić information content (AvgIpc) is 2.86. The Morgan fingerprint density at radius 2 is 0.520 bits per heavy atom. The Hall–Kier alpha value is 1.34. The normalized spacial score (nSPS) is 24.0. The van der Waals surface area contributed by atoms with E-state index in [1.807, 2.05) is 13.3 Å². The summed E-state index contributed by atoms with van der Waals surface area (Å²) in [6, 6.07) is 0. The van der Waals surface area contributed by atoms with Gasteiger partial charge in [-0.1, -0.05) is 76.2 Å². The molecule has 2 aliphatic carbocycles. The summed E-state index contributed by atoms with van der Waals surface area (Å²) < 4.78 is 0. The van der Waals surface area contributed by atoms with Crippen LogP contribution in [0.5, 0.6) is 0 Å². The summed E-state index contributed by atoms with van der Waals surface area (Å²) in [5.41, 5.74) is 0. The molecule has 25 heavy (non-hydrogen) atoms. The van der Waals surface area contributed by atoms with Crippen molar-refractivity contribution in [2.75, 3.05) is 0 Å². The van der Waals surface area contributed by atoms with E-state index < -0.39 is 0 Å². The molecule has 14 radical (unpaired) electrons. The van der Waals surface area contributed by atoms with Crippen molar-refractivity contribution >= 4 is 0 Å². The maximum absolute atomic E-state index is 3.42. The van der Waals surface area contributed by atoms with Gasteiger partial charge in [-0.15, -0.1) is 0 Å².